The molecule has 1 aromatic heterocycles. The van der Waals surface area contributed by atoms with Crippen molar-refractivity contribution in [3.63, 3.8) is 0 Å². The van der Waals surface area contributed by atoms with E-state index >= 15 is 0 Å². The standard InChI is InChI=1S/C20H27N5O2/c1-13(2)11-14(3)25-18(7-9-22-25)23-20(27)24-10-8-16-15(12-24)5-4-6-17(16)19(21)26/h4-7,9,13-14H,8,10-12H2,1-3H3,(H2,21,26)(H,23,27). The second-order valence-electron chi connectivity index (χ2n) is 7.55. The molecule has 1 aliphatic heterocycles. The average Bonchev–Trinajstić information content (AvgIpc) is 3.08. The largest absolute Gasteiger partial charge is 0.366 e. The Morgan fingerprint density at radius 3 is 2.74 bits per heavy atom. The first-order chi connectivity index (χ1) is 12.9. The summed E-state index contributed by atoms with van der Waals surface area (Å²) in [5.41, 5.74) is 7.93. The number of primary amides is 1. The third-order valence-corrected chi connectivity index (χ3v) is 4.95. The van der Waals surface area contributed by atoms with Gasteiger partial charge in [-0.1, -0.05) is 26.0 Å². The van der Waals surface area contributed by atoms with Crippen molar-refractivity contribution in [2.75, 3.05) is 11.9 Å². The zero-order valence-electron chi connectivity index (χ0n) is 16.1. The fraction of sp³-hybridized carbons (Fsp3) is 0.450. The molecular weight excluding hydrogens is 342 g/mol. The van der Waals surface area contributed by atoms with Gasteiger partial charge >= 0.3 is 6.03 Å². The van der Waals surface area contributed by atoms with Crippen LogP contribution in [0.2, 0.25) is 0 Å². The predicted molar refractivity (Wildman–Crippen MR) is 104 cm³/mol. The molecule has 0 bridgehead atoms. The molecule has 0 saturated heterocycles. The third-order valence-electron chi connectivity index (χ3n) is 4.95. The number of anilines is 1. The summed E-state index contributed by atoms with van der Waals surface area (Å²) in [6.45, 7) is 7.44. The highest BCUT2D eigenvalue weighted by molar-refractivity contribution is 5.95. The summed E-state index contributed by atoms with van der Waals surface area (Å²) in [4.78, 5) is 26.1. The molecule has 0 saturated carbocycles. The molecule has 7 heteroatoms. The van der Waals surface area contributed by atoms with Gasteiger partial charge in [0.15, 0.2) is 0 Å². The molecule has 3 N–H and O–H groups in total. The second-order valence-corrected chi connectivity index (χ2v) is 7.55. The number of carbonyl (C=O) groups excluding carboxylic acids is 2. The fourth-order valence-electron chi connectivity index (χ4n) is 3.75. The molecule has 27 heavy (non-hydrogen) atoms. The van der Waals surface area contributed by atoms with E-state index in [-0.39, 0.29) is 12.1 Å². The molecular formula is C20H27N5O2. The van der Waals surface area contributed by atoms with Crippen molar-refractivity contribution < 1.29 is 9.59 Å². The zero-order chi connectivity index (χ0) is 19.6. The van der Waals surface area contributed by atoms with Gasteiger partial charge in [0.25, 0.3) is 0 Å². The van der Waals surface area contributed by atoms with E-state index in [4.69, 9.17) is 5.73 Å². The highest BCUT2D eigenvalue weighted by Crippen LogP contribution is 2.24. The van der Waals surface area contributed by atoms with Crippen LogP contribution in [0.15, 0.2) is 30.5 Å². The number of rotatable bonds is 5. The molecule has 1 aromatic carbocycles. The quantitative estimate of drug-likeness (QED) is 0.847. The van der Waals surface area contributed by atoms with Crippen molar-refractivity contribution in [2.45, 2.75) is 46.2 Å². The maximum atomic E-state index is 12.8. The fourth-order valence-corrected chi connectivity index (χ4v) is 3.75. The third kappa shape index (κ3) is 4.13. The van der Waals surface area contributed by atoms with E-state index in [2.05, 4.69) is 31.2 Å². The van der Waals surface area contributed by atoms with E-state index in [9.17, 15) is 9.59 Å². The topological polar surface area (TPSA) is 93.2 Å². The van der Waals surface area contributed by atoms with Crippen LogP contribution < -0.4 is 11.1 Å². The summed E-state index contributed by atoms with van der Waals surface area (Å²) >= 11 is 0. The van der Waals surface area contributed by atoms with Crippen molar-refractivity contribution in [2.24, 2.45) is 11.7 Å². The van der Waals surface area contributed by atoms with Crippen molar-refractivity contribution in [3.8, 4) is 0 Å². The number of hydrogen-bond donors (Lipinski definition) is 2. The van der Waals surface area contributed by atoms with Gasteiger partial charge in [-0.15, -0.1) is 0 Å². The Bertz CT molecular complexity index is 843. The maximum absolute atomic E-state index is 12.8. The highest BCUT2D eigenvalue weighted by Gasteiger charge is 2.24. The lowest BCUT2D eigenvalue weighted by Gasteiger charge is -2.30. The molecule has 7 nitrogen and oxygen atoms in total. The highest BCUT2D eigenvalue weighted by atomic mass is 16.2. The molecule has 0 aliphatic carbocycles. The zero-order valence-corrected chi connectivity index (χ0v) is 16.1. The number of amides is 3. The number of fused-ring (bicyclic) bond motifs is 1. The first-order valence-electron chi connectivity index (χ1n) is 9.36. The Hall–Kier alpha value is -2.83. The van der Waals surface area contributed by atoms with Crippen molar-refractivity contribution in [1.29, 1.82) is 0 Å². The summed E-state index contributed by atoms with van der Waals surface area (Å²) in [7, 11) is 0. The smallest absolute Gasteiger partial charge is 0.323 e. The minimum atomic E-state index is -0.423. The number of nitrogens with one attached hydrogen (secondary N) is 1. The monoisotopic (exact) mass is 369 g/mol. The lowest BCUT2D eigenvalue weighted by atomic mass is 9.94. The Morgan fingerprint density at radius 1 is 1.26 bits per heavy atom. The first-order valence-corrected chi connectivity index (χ1v) is 9.36. The van der Waals surface area contributed by atoms with Crippen LogP contribution in [0.5, 0.6) is 0 Å². The van der Waals surface area contributed by atoms with E-state index in [1.165, 1.54) is 0 Å². The van der Waals surface area contributed by atoms with Gasteiger partial charge < -0.3 is 10.6 Å². The SMILES string of the molecule is CC(C)CC(C)n1nccc1NC(=O)N1CCc2c(cccc2C(N)=O)C1. The van der Waals surface area contributed by atoms with Crippen LogP contribution >= 0.6 is 0 Å². The Kier molecular flexibility index (Phi) is 5.48. The van der Waals surface area contributed by atoms with E-state index in [1.54, 1.807) is 17.2 Å². The summed E-state index contributed by atoms with van der Waals surface area (Å²) in [5, 5.41) is 7.34. The summed E-state index contributed by atoms with van der Waals surface area (Å²) in [6.07, 6.45) is 3.31. The van der Waals surface area contributed by atoms with E-state index in [0.29, 0.717) is 36.8 Å². The van der Waals surface area contributed by atoms with Crippen LogP contribution in [0.3, 0.4) is 0 Å². The van der Waals surface area contributed by atoms with Crippen LogP contribution in [-0.4, -0.2) is 33.2 Å². The number of nitrogens with zero attached hydrogens (tertiary/aromatic N) is 3. The van der Waals surface area contributed by atoms with E-state index in [1.807, 2.05) is 22.9 Å². The van der Waals surface area contributed by atoms with Crippen LogP contribution in [0.4, 0.5) is 10.6 Å². The number of aromatic nitrogens is 2. The number of nitrogens with two attached hydrogens (primary N) is 1. The van der Waals surface area contributed by atoms with Gasteiger partial charge in [0, 0.05) is 24.7 Å². The number of urea groups is 1. The minimum Gasteiger partial charge on any atom is -0.366 e. The molecule has 2 aromatic rings. The van der Waals surface area contributed by atoms with Gasteiger partial charge in [-0.05, 0) is 42.9 Å². The van der Waals surface area contributed by atoms with Crippen molar-refractivity contribution in [3.05, 3.63) is 47.2 Å². The predicted octanol–water partition coefficient (Wildman–Crippen LogP) is 3.18. The Labute approximate surface area is 159 Å². The molecule has 1 atom stereocenters. The van der Waals surface area contributed by atoms with E-state index in [0.717, 1.165) is 17.5 Å². The molecule has 2 heterocycles. The van der Waals surface area contributed by atoms with Crippen molar-refractivity contribution >= 4 is 17.8 Å². The average molecular weight is 369 g/mol. The lowest BCUT2D eigenvalue weighted by molar-refractivity contribution is 0.0999. The first kappa shape index (κ1) is 18.9. The van der Waals surface area contributed by atoms with Gasteiger partial charge in [-0.3, -0.25) is 10.1 Å². The second kappa shape index (κ2) is 7.82. The minimum absolute atomic E-state index is 0.163. The Morgan fingerprint density at radius 2 is 2.04 bits per heavy atom. The van der Waals surface area contributed by atoms with Crippen LogP contribution in [0, 0.1) is 5.92 Å². The molecule has 0 radical (unpaired) electrons. The van der Waals surface area contributed by atoms with Gasteiger partial charge in [0.05, 0.1) is 12.2 Å². The normalized spacial score (nSPS) is 14.7. The van der Waals surface area contributed by atoms with Crippen LogP contribution in [0.25, 0.3) is 0 Å². The summed E-state index contributed by atoms with van der Waals surface area (Å²) in [5.74, 6) is 0.823. The molecule has 3 rings (SSSR count). The Balaban J connectivity index is 1.71. The molecule has 0 fully saturated rings. The molecule has 3 amide bonds. The summed E-state index contributed by atoms with van der Waals surface area (Å²) in [6, 6.07) is 7.35. The maximum Gasteiger partial charge on any atom is 0.323 e. The van der Waals surface area contributed by atoms with Gasteiger partial charge in [0.1, 0.15) is 5.82 Å². The number of hydrogen-bond acceptors (Lipinski definition) is 3. The van der Waals surface area contributed by atoms with Crippen molar-refractivity contribution in [1.82, 2.24) is 14.7 Å². The van der Waals surface area contributed by atoms with Crippen LogP contribution in [0.1, 0.15) is 54.7 Å². The van der Waals surface area contributed by atoms with Gasteiger partial charge in [-0.2, -0.15) is 5.10 Å². The van der Waals surface area contributed by atoms with Gasteiger partial charge in [0.2, 0.25) is 5.91 Å². The lowest BCUT2D eigenvalue weighted by Crippen LogP contribution is -2.40. The number of carbonyl (C=O) groups is 2. The molecule has 0 spiro atoms. The van der Waals surface area contributed by atoms with Gasteiger partial charge in [-0.25, -0.2) is 9.48 Å². The summed E-state index contributed by atoms with van der Waals surface area (Å²) < 4.78 is 1.86. The molecule has 1 unspecified atom stereocenters. The molecule has 144 valence electrons. The molecule has 1 aliphatic rings. The van der Waals surface area contributed by atoms with E-state index < -0.39 is 5.91 Å². The van der Waals surface area contributed by atoms with Crippen LogP contribution in [-0.2, 0) is 13.0 Å². The number of benzene rings is 1.